The average molecular weight is 540 g/mol. The summed E-state index contributed by atoms with van der Waals surface area (Å²) in [6.07, 6.45) is 3.87. The van der Waals surface area contributed by atoms with E-state index in [1.54, 1.807) is 13.3 Å². The van der Waals surface area contributed by atoms with Crippen LogP contribution in [-0.4, -0.2) is 21.8 Å². The summed E-state index contributed by atoms with van der Waals surface area (Å²) in [5, 5.41) is 4.63. The number of ether oxygens (including phenoxy) is 1. The first-order valence-electron chi connectivity index (χ1n) is 10.3. The Morgan fingerprint density at radius 3 is 2.52 bits per heavy atom. The molecule has 2 atom stereocenters. The Morgan fingerprint density at radius 2 is 1.82 bits per heavy atom. The van der Waals surface area contributed by atoms with Gasteiger partial charge in [0.25, 0.3) is 0 Å². The third-order valence-electron chi connectivity index (χ3n) is 5.70. The lowest BCUT2D eigenvalue weighted by atomic mass is 10.0. The Kier molecular flexibility index (Phi) is 6.10. The number of anilines is 1. The van der Waals surface area contributed by atoms with Crippen LogP contribution in [0.25, 0.3) is 5.69 Å². The lowest BCUT2D eigenvalue weighted by Gasteiger charge is -2.29. The summed E-state index contributed by atoms with van der Waals surface area (Å²) in [5.74, 6) is 0.620. The third kappa shape index (κ3) is 4.12. The molecule has 0 aliphatic carbocycles. The van der Waals surface area contributed by atoms with Crippen molar-refractivity contribution in [3.8, 4) is 11.4 Å². The third-order valence-corrected chi connectivity index (χ3v) is 6.84. The quantitative estimate of drug-likeness (QED) is 0.294. The van der Waals surface area contributed by atoms with Crippen LogP contribution >= 0.6 is 39.7 Å². The molecule has 1 aliphatic rings. The standard InChI is InChI=1S/C25H20BrClN4OS/c1-32-22-12-11-18(15-19(22)27)31-24(23(29-25(31)33)20-5-2-3-13-28-20)21-6-4-14-30(21)17-9-7-16(26)8-10-17/h2-15,23-24H,1H3,(H,29,33)/t23-,24-/m1/s1. The highest BCUT2D eigenvalue weighted by Crippen LogP contribution is 2.43. The van der Waals surface area contributed by atoms with Crippen LogP contribution in [-0.2, 0) is 0 Å². The van der Waals surface area contributed by atoms with E-state index < -0.39 is 0 Å². The van der Waals surface area contributed by atoms with E-state index in [4.69, 9.17) is 28.6 Å². The molecule has 1 fully saturated rings. The molecule has 0 spiro atoms. The van der Waals surface area contributed by atoms with Crippen LogP contribution in [0.2, 0.25) is 5.02 Å². The van der Waals surface area contributed by atoms with Crippen LogP contribution in [0.3, 0.4) is 0 Å². The molecule has 0 bridgehead atoms. The summed E-state index contributed by atoms with van der Waals surface area (Å²) in [5.41, 5.74) is 3.93. The summed E-state index contributed by atoms with van der Waals surface area (Å²) < 4.78 is 8.56. The highest BCUT2D eigenvalue weighted by molar-refractivity contribution is 9.10. The minimum Gasteiger partial charge on any atom is -0.495 e. The van der Waals surface area contributed by atoms with Crippen molar-refractivity contribution in [1.29, 1.82) is 0 Å². The molecule has 5 rings (SSSR count). The monoisotopic (exact) mass is 538 g/mol. The van der Waals surface area contributed by atoms with Crippen LogP contribution in [0.15, 0.2) is 89.7 Å². The van der Waals surface area contributed by atoms with Crippen LogP contribution in [0, 0.1) is 0 Å². The molecule has 3 heterocycles. The van der Waals surface area contributed by atoms with E-state index in [1.807, 2.05) is 54.6 Å². The van der Waals surface area contributed by atoms with Crippen LogP contribution in [0.5, 0.6) is 5.75 Å². The Hall–Kier alpha value is -2.87. The molecule has 0 saturated carbocycles. The van der Waals surface area contributed by atoms with Gasteiger partial charge in [0.05, 0.1) is 23.9 Å². The molecule has 33 heavy (non-hydrogen) atoms. The van der Waals surface area contributed by atoms with Crippen molar-refractivity contribution < 1.29 is 4.74 Å². The largest absolute Gasteiger partial charge is 0.495 e. The zero-order chi connectivity index (χ0) is 22.9. The summed E-state index contributed by atoms with van der Waals surface area (Å²) in [6, 6.07) is 23.7. The predicted molar refractivity (Wildman–Crippen MR) is 139 cm³/mol. The number of halogens is 2. The second kappa shape index (κ2) is 9.17. The number of benzene rings is 2. The molecule has 1 N–H and O–H groups in total. The van der Waals surface area contributed by atoms with Crippen LogP contribution in [0.4, 0.5) is 5.69 Å². The Labute approximate surface area is 211 Å². The van der Waals surface area contributed by atoms with E-state index in [1.165, 1.54) is 0 Å². The van der Waals surface area contributed by atoms with Crippen molar-refractivity contribution in [3.05, 3.63) is 106 Å². The molecule has 8 heteroatoms. The second-order valence-corrected chi connectivity index (χ2v) is 9.30. The first-order valence-corrected chi connectivity index (χ1v) is 11.9. The van der Waals surface area contributed by atoms with Crippen molar-refractivity contribution >= 4 is 50.5 Å². The maximum absolute atomic E-state index is 6.49. The van der Waals surface area contributed by atoms with Gasteiger partial charge < -0.3 is 19.5 Å². The molecule has 0 amide bonds. The smallest absolute Gasteiger partial charge is 0.174 e. The zero-order valence-corrected chi connectivity index (χ0v) is 20.8. The maximum atomic E-state index is 6.49. The Bertz CT molecular complexity index is 1300. The van der Waals surface area contributed by atoms with E-state index >= 15 is 0 Å². The van der Waals surface area contributed by atoms with Gasteiger partial charge >= 0.3 is 0 Å². The van der Waals surface area contributed by atoms with Gasteiger partial charge in [0.15, 0.2) is 5.11 Å². The molecule has 4 aromatic rings. The van der Waals surface area contributed by atoms with Gasteiger partial charge in [-0.15, -0.1) is 0 Å². The average Bonchev–Trinajstić information content (AvgIpc) is 3.44. The van der Waals surface area contributed by atoms with Crippen molar-refractivity contribution in [2.45, 2.75) is 12.1 Å². The zero-order valence-electron chi connectivity index (χ0n) is 17.7. The number of pyridine rings is 1. The predicted octanol–water partition coefficient (Wildman–Crippen LogP) is 6.47. The van der Waals surface area contributed by atoms with Gasteiger partial charge in [-0.25, -0.2) is 0 Å². The molecule has 1 aliphatic heterocycles. The highest BCUT2D eigenvalue weighted by Gasteiger charge is 2.42. The van der Waals surface area contributed by atoms with Crippen molar-refractivity contribution in [2.24, 2.45) is 0 Å². The van der Waals surface area contributed by atoms with Crippen molar-refractivity contribution in [3.63, 3.8) is 0 Å². The van der Waals surface area contributed by atoms with Crippen LogP contribution < -0.4 is 15.0 Å². The van der Waals surface area contributed by atoms with Gasteiger partial charge in [0.1, 0.15) is 11.8 Å². The van der Waals surface area contributed by atoms with E-state index in [0.717, 1.165) is 27.2 Å². The van der Waals surface area contributed by atoms with E-state index in [2.05, 4.69) is 60.1 Å². The van der Waals surface area contributed by atoms with Gasteiger partial charge in [0, 0.05) is 33.9 Å². The fourth-order valence-electron chi connectivity index (χ4n) is 4.21. The maximum Gasteiger partial charge on any atom is 0.174 e. The number of hydrogen-bond donors (Lipinski definition) is 1. The minimum atomic E-state index is -0.157. The molecule has 2 aromatic carbocycles. The van der Waals surface area contributed by atoms with Gasteiger partial charge in [0.2, 0.25) is 0 Å². The lowest BCUT2D eigenvalue weighted by molar-refractivity contribution is 0.415. The Morgan fingerprint density at radius 1 is 1.03 bits per heavy atom. The number of nitrogens with zero attached hydrogens (tertiary/aromatic N) is 3. The van der Waals surface area contributed by atoms with E-state index in [9.17, 15) is 0 Å². The first-order chi connectivity index (χ1) is 16.1. The SMILES string of the molecule is COc1ccc(N2C(=S)N[C@H](c3ccccn3)[C@H]2c2cccn2-c2ccc(Br)cc2)cc1Cl. The van der Waals surface area contributed by atoms with Crippen molar-refractivity contribution in [2.75, 3.05) is 12.0 Å². The number of thiocarbonyl (C=S) groups is 1. The lowest BCUT2D eigenvalue weighted by Crippen LogP contribution is -2.30. The summed E-state index contributed by atoms with van der Waals surface area (Å²) in [6.45, 7) is 0. The molecule has 1 saturated heterocycles. The number of nitrogens with one attached hydrogen (secondary N) is 1. The fraction of sp³-hybridized carbons (Fsp3) is 0.120. The molecule has 0 unspecified atom stereocenters. The molecule has 0 radical (unpaired) electrons. The topological polar surface area (TPSA) is 42.3 Å². The summed E-state index contributed by atoms with van der Waals surface area (Å²) in [7, 11) is 1.61. The second-order valence-electron chi connectivity index (χ2n) is 7.59. The van der Waals surface area contributed by atoms with Gasteiger partial charge in [-0.3, -0.25) is 4.98 Å². The van der Waals surface area contributed by atoms with Crippen molar-refractivity contribution in [1.82, 2.24) is 14.9 Å². The number of methoxy groups -OCH3 is 1. The van der Waals surface area contributed by atoms with Gasteiger partial charge in [-0.2, -0.15) is 0 Å². The Balaban J connectivity index is 1.66. The number of rotatable bonds is 5. The molecule has 5 nitrogen and oxygen atoms in total. The molecule has 166 valence electrons. The highest BCUT2D eigenvalue weighted by atomic mass is 79.9. The van der Waals surface area contributed by atoms with Crippen LogP contribution in [0.1, 0.15) is 23.5 Å². The summed E-state index contributed by atoms with van der Waals surface area (Å²) in [4.78, 5) is 6.73. The molecular weight excluding hydrogens is 520 g/mol. The van der Waals surface area contributed by atoms with E-state index in [0.29, 0.717) is 15.9 Å². The fourth-order valence-corrected chi connectivity index (χ4v) is 5.07. The van der Waals surface area contributed by atoms with Gasteiger partial charge in [-0.05, 0) is 78.9 Å². The summed E-state index contributed by atoms with van der Waals surface area (Å²) >= 11 is 15.8. The molecular formula is C25H20BrClN4OS. The first kappa shape index (κ1) is 21.9. The number of hydrogen-bond acceptors (Lipinski definition) is 3. The number of aromatic nitrogens is 2. The molecule has 2 aromatic heterocycles. The minimum absolute atomic E-state index is 0.149. The van der Waals surface area contributed by atoms with E-state index in [-0.39, 0.29) is 12.1 Å². The normalized spacial score (nSPS) is 17.8. The van der Waals surface area contributed by atoms with Gasteiger partial charge in [-0.1, -0.05) is 33.6 Å².